The molecule has 2 aromatic rings. The van der Waals surface area contributed by atoms with E-state index in [1.54, 1.807) is 0 Å². The standard InChI is InChI=1S/C19H17/c1-3-7-16(8-4-1)13-18-11-12-19(15-18)14-17-9-5-2-6-10-17/h1-12,15H,13-14H2. The molecule has 1 aliphatic carbocycles. The number of hydrogen-bond acceptors (Lipinski definition) is 0. The van der Waals surface area contributed by atoms with Crippen molar-refractivity contribution < 1.29 is 0 Å². The van der Waals surface area contributed by atoms with Crippen molar-refractivity contribution in [3.05, 3.63) is 102 Å². The Balaban J connectivity index is 1.64. The van der Waals surface area contributed by atoms with Crippen molar-refractivity contribution in [2.75, 3.05) is 0 Å². The lowest BCUT2D eigenvalue weighted by Crippen LogP contribution is -1.88. The summed E-state index contributed by atoms with van der Waals surface area (Å²) in [6, 6.07) is 21.3. The molecular weight excluding hydrogens is 228 g/mol. The van der Waals surface area contributed by atoms with Gasteiger partial charge < -0.3 is 0 Å². The van der Waals surface area contributed by atoms with Crippen molar-refractivity contribution in [3.8, 4) is 0 Å². The molecule has 0 nitrogen and oxygen atoms in total. The predicted molar refractivity (Wildman–Crippen MR) is 80.8 cm³/mol. The minimum Gasteiger partial charge on any atom is -0.0729 e. The first kappa shape index (κ1) is 12.0. The fraction of sp³-hybridized carbons (Fsp3) is 0.105. The van der Waals surface area contributed by atoms with Crippen LogP contribution in [0.1, 0.15) is 11.1 Å². The normalized spacial score (nSPS) is 14.1. The summed E-state index contributed by atoms with van der Waals surface area (Å²) >= 11 is 0. The summed E-state index contributed by atoms with van der Waals surface area (Å²) < 4.78 is 0. The maximum Gasteiger partial charge on any atom is 0.00899 e. The molecule has 0 saturated heterocycles. The first-order valence-electron chi connectivity index (χ1n) is 6.72. The molecule has 0 heteroatoms. The van der Waals surface area contributed by atoms with Gasteiger partial charge in [-0.1, -0.05) is 78.4 Å². The third-order valence-corrected chi connectivity index (χ3v) is 3.38. The van der Waals surface area contributed by atoms with E-state index >= 15 is 0 Å². The van der Waals surface area contributed by atoms with E-state index in [0.717, 1.165) is 12.8 Å². The van der Waals surface area contributed by atoms with Gasteiger partial charge in [-0.2, -0.15) is 0 Å². The molecule has 0 amide bonds. The maximum absolute atomic E-state index is 2.32. The fourth-order valence-corrected chi connectivity index (χ4v) is 2.43. The molecule has 0 aliphatic heterocycles. The Labute approximate surface area is 115 Å². The topological polar surface area (TPSA) is 0 Å². The zero-order valence-electron chi connectivity index (χ0n) is 10.9. The number of benzene rings is 2. The molecule has 0 saturated carbocycles. The summed E-state index contributed by atoms with van der Waals surface area (Å²) in [7, 11) is 0. The Kier molecular flexibility index (Phi) is 3.60. The van der Waals surface area contributed by atoms with Crippen LogP contribution in [0.4, 0.5) is 0 Å². The van der Waals surface area contributed by atoms with Gasteiger partial charge >= 0.3 is 0 Å². The van der Waals surface area contributed by atoms with Gasteiger partial charge in [-0.05, 0) is 29.5 Å². The molecule has 0 spiro atoms. The van der Waals surface area contributed by atoms with Gasteiger partial charge in [0.05, 0.1) is 0 Å². The Morgan fingerprint density at radius 2 is 1.11 bits per heavy atom. The van der Waals surface area contributed by atoms with E-state index in [1.165, 1.54) is 22.3 Å². The Bertz CT molecular complexity index is 588. The zero-order chi connectivity index (χ0) is 12.9. The Morgan fingerprint density at radius 1 is 0.579 bits per heavy atom. The molecule has 19 heavy (non-hydrogen) atoms. The minimum atomic E-state index is 1.02. The highest BCUT2D eigenvalue weighted by Crippen LogP contribution is 2.23. The molecule has 1 radical (unpaired) electrons. The number of rotatable bonds is 4. The fourth-order valence-electron chi connectivity index (χ4n) is 2.43. The van der Waals surface area contributed by atoms with Crippen LogP contribution in [0.5, 0.6) is 0 Å². The van der Waals surface area contributed by atoms with E-state index in [0.29, 0.717) is 0 Å². The predicted octanol–water partition coefficient (Wildman–Crippen LogP) is 4.54. The monoisotopic (exact) mass is 245 g/mol. The van der Waals surface area contributed by atoms with Gasteiger partial charge in [-0.15, -0.1) is 0 Å². The van der Waals surface area contributed by atoms with Crippen LogP contribution in [0.15, 0.2) is 84.0 Å². The summed E-state index contributed by atoms with van der Waals surface area (Å²) in [5.41, 5.74) is 5.55. The molecule has 0 fully saturated rings. The number of allylic oxidation sites excluding steroid dienone is 4. The van der Waals surface area contributed by atoms with E-state index in [4.69, 9.17) is 0 Å². The third kappa shape index (κ3) is 3.23. The van der Waals surface area contributed by atoms with Gasteiger partial charge in [-0.3, -0.25) is 0 Å². The van der Waals surface area contributed by atoms with Crippen molar-refractivity contribution >= 4 is 0 Å². The molecule has 0 bridgehead atoms. The maximum atomic E-state index is 2.32. The lowest BCUT2D eigenvalue weighted by molar-refractivity contribution is 1.17. The first-order chi connectivity index (χ1) is 9.40. The summed E-state index contributed by atoms with van der Waals surface area (Å²) in [5.74, 6) is 0. The lowest BCUT2D eigenvalue weighted by Gasteiger charge is -2.01. The SMILES string of the molecule is [CH]1C=C(Cc2ccccc2)C=C1Cc1ccccc1. The highest BCUT2D eigenvalue weighted by molar-refractivity contribution is 5.45. The van der Waals surface area contributed by atoms with Crippen molar-refractivity contribution in [2.45, 2.75) is 12.8 Å². The van der Waals surface area contributed by atoms with Gasteiger partial charge in [0.2, 0.25) is 0 Å². The molecule has 0 heterocycles. The van der Waals surface area contributed by atoms with Crippen LogP contribution in [0.2, 0.25) is 0 Å². The molecule has 3 rings (SSSR count). The third-order valence-electron chi connectivity index (χ3n) is 3.38. The van der Waals surface area contributed by atoms with Crippen molar-refractivity contribution in [2.24, 2.45) is 0 Å². The van der Waals surface area contributed by atoms with Crippen molar-refractivity contribution in [1.82, 2.24) is 0 Å². The highest BCUT2D eigenvalue weighted by atomic mass is 14.1. The van der Waals surface area contributed by atoms with Gasteiger partial charge in [0.25, 0.3) is 0 Å². The molecule has 0 atom stereocenters. The zero-order valence-corrected chi connectivity index (χ0v) is 10.9. The van der Waals surface area contributed by atoms with Crippen molar-refractivity contribution in [1.29, 1.82) is 0 Å². The largest absolute Gasteiger partial charge is 0.0729 e. The quantitative estimate of drug-likeness (QED) is 0.741. The van der Waals surface area contributed by atoms with Gasteiger partial charge in [0.15, 0.2) is 0 Å². The summed E-state index contributed by atoms with van der Waals surface area (Å²) in [4.78, 5) is 0. The summed E-state index contributed by atoms with van der Waals surface area (Å²) in [6.07, 6.45) is 8.85. The molecular formula is C19H17. The summed E-state index contributed by atoms with van der Waals surface area (Å²) in [6.45, 7) is 0. The minimum absolute atomic E-state index is 1.02. The molecule has 1 aliphatic rings. The van der Waals surface area contributed by atoms with E-state index in [-0.39, 0.29) is 0 Å². The van der Waals surface area contributed by atoms with Gasteiger partial charge in [0, 0.05) is 6.42 Å². The Hall–Kier alpha value is -2.08. The van der Waals surface area contributed by atoms with E-state index in [1.807, 2.05) is 0 Å². The van der Waals surface area contributed by atoms with Crippen LogP contribution in [0.3, 0.4) is 0 Å². The average Bonchev–Trinajstić information content (AvgIpc) is 2.88. The van der Waals surface area contributed by atoms with Crippen LogP contribution < -0.4 is 0 Å². The van der Waals surface area contributed by atoms with E-state index < -0.39 is 0 Å². The highest BCUT2D eigenvalue weighted by Gasteiger charge is 2.08. The van der Waals surface area contributed by atoms with E-state index in [9.17, 15) is 0 Å². The lowest BCUT2D eigenvalue weighted by atomic mass is 10.0. The smallest absolute Gasteiger partial charge is 0.00899 e. The number of hydrogen-bond donors (Lipinski definition) is 0. The van der Waals surface area contributed by atoms with Crippen molar-refractivity contribution in [3.63, 3.8) is 0 Å². The van der Waals surface area contributed by atoms with Crippen LogP contribution >= 0.6 is 0 Å². The molecule has 0 unspecified atom stereocenters. The molecule has 93 valence electrons. The second kappa shape index (κ2) is 5.71. The van der Waals surface area contributed by atoms with Crippen LogP contribution in [-0.2, 0) is 12.8 Å². The van der Waals surface area contributed by atoms with Crippen LogP contribution in [0, 0.1) is 6.42 Å². The van der Waals surface area contributed by atoms with Crippen LogP contribution in [-0.4, -0.2) is 0 Å². The molecule has 0 N–H and O–H groups in total. The second-order valence-electron chi connectivity index (χ2n) is 4.95. The Morgan fingerprint density at radius 3 is 1.68 bits per heavy atom. The van der Waals surface area contributed by atoms with Crippen LogP contribution in [0.25, 0.3) is 0 Å². The average molecular weight is 245 g/mol. The van der Waals surface area contributed by atoms with Gasteiger partial charge in [-0.25, -0.2) is 0 Å². The summed E-state index contributed by atoms with van der Waals surface area (Å²) in [5, 5.41) is 0. The van der Waals surface area contributed by atoms with Gasteiger partial charge in [0.1, 0.15) is 0 Å². The molecule has 2 aromatic carbocycles. The molecule has 0 aromatic heterocycles. The van der Waals surface area contributed by atoms with E-state index in [2.05, 4.69) is 79.2 Å². The second-order valence-corrected chi connectivity index (χ2v) is 4.95. The first-order valence-corrected chi connectivity index (χ1v) is 6.72.